The molecule has 2 bridgehead atoms. The molecular formula is C17H21N3O. The first kappa shape index (κ1) is 12.9. The summed E-state index contributed by atoms with van der Waals surface area (Å²) in [6.07, 6.45) is 5.62. The van der Waals surface area contributed by atoms with Crippen molar-refractivity contribution in [1.82, 2.24) is 15.2 Å². The van der Waals surface area contributed by atoms with Crippen LogP contribution in [-0.2, 0) is 0 Å². The minimum atomic E-state index is 0.0546. The second-order valence-electron chi connectivity index (χ2n) is 6.43. The number of fused-ring (bicyclic) bond motifs is 5. The molecule has 3 fully saturated rings. The van der Waals surface area contributed by atoms with Crippen LogP contribution in [0.4, 0.5) is 0 Å². The molecular weight excluding hydrogens is 262 g/mol. The van der Waals surface area contributed by atoms with Gasteiger partial charge in [0.05, 0.1) is 0 Å². The normalized spacial score (nSPS) is 28.5. The summed E-state index contributed by atoms with van der Waals surface area (Å²) in [4.78, 5) is 18.1. The molecule has 1 aromatic carbocycles. The summed E-state index contributed by atoms with van der Waals surface area (Å²) in [5, 5.41) is 4.38. The third kappa shape index (κ3) is 2.56. The fraction of sp³-hybridized carbons (Fsp3) is 0.471. The van der Waals surface area contributed by atoms with E-state index >= 15 is 0 Å². The number of aromatic amines is 1. The summed E-state index contributed by atoms with van der Waals surface area (Å²) < 4.78 is 0. The standard InChI is InChI=1S/C17H21N3O/c21-17(14-2-1-13-3-6-18-16(13)10-14)19-15-9-12-4-7-20(11-15)8-5-12/h1-3,6,10,12,15,18H,4-5,7-9,11H2,(H,19,21)/t15-/m1/s1. The van der Waals surface area contributed by atoms with Crippen molar-refractivity contribution in [2.75, 3.05) is 19.6 Å². The van der Waals surface area contributed by atoms with Gasteiger partial charge in [-0.15, -0.1) is 0 Å². The number of nitrogens with zero attached hydrogens (tertiary/aromatic N) is 1. The molecule has 0 saturated carbocycles. The lowest BCUT2D eigenvalue weighted by Gasteiger charge is -2.26. The molecule has 110 valence electrons. The Bertz CT molecular complexity index is 641. The molecule has 1 aromatic heterocycles. The minimum Gasteiger partial charge on any atom is -0.361 e. The smallest absolute Gasteiger partial charge is 0.251 e. The maximum Gasteiger partial charge on any atom is 0.251 e. The Labute approximate surface area is 124 Å². The topological polar surface area (TPSA) is 48.1 Å². The highest BCUT2D eigenvalue weighted by atomic mass is 16.1. The van der Waals surface area contributed by atoms with E-state index in [1.54, 1.807) is 0 Å². The summed E-state index contributed by atoms with van der Waals surface area (Å²) >= 11 is 0. The number of piperidine rings is 1. The van der Waals surface area contributed by atoms with Crippen LogP contribution in [0.2, 0.25) is 0 Å². The molecule has 2 N–H and O–H groups in total. The van der Waals surface area contributed by atoms with Crippen LogP contribution in [0.5, 0.6) is 0 Å². The first-order chi connectivity index (χ1) is 10.3. The van der Waals surface area contributed by atoms with E-state index in [1.807, 2.05) is 30.5 Å². The number of hydrogen-bond acceptors (Lipinski definition) is 2. The molecule has 0 unspecified atom stereocenters. The summed E-state index contributed by atoms with van der Waals surface area (Å²) in [7, 11) is 0. The largest absolute Gasteiger partial charge is 0.361 e. The van der Waals surface area contributed by atoms with Gasteiger partial charge >= 0.3 is 0 Å². The summed E-state index contributed by atoms with van der Waals surface area (Å²) in [5.41, 5.74) is 1.77. The van der Waals surface area contributed by atoms with Crippen molar-refractivity contribution in [1.29, 1.82) is 0 Å². The number of benzene rings is 1. The van der Waals surface area contributed by atoms with Crippen LogP contribution >= 0.6 is 0 Å². The lowest BCUT2D eigenvalue weighted by Crippen LogP contribution is -2.41. The van der Waals surface area contributed by atoms with E-state index in [-0.39, 0.29) is 5.91 Å². The van der Waals surface area contributed by atoms with Gasteiger partial charge in [-0.25, -0.2) is 0 Å². The molecule has 21 heavy (non-hydrogen) atoms. The second kappa shape index (κ2) is 5.19. The Kier molecular flexibility index (Phi) is 3.19. The average Bonchev–Trinajstić information content (AvgIpc) is 2.78. The monoisotopic (exact) mass is 283 g/mol. The SMILES string of the molecule is O=C(N[C@@H]1CC2CCN(CC2)C1)c1ccc2cc[nH]c2c1. The van der Waals surface area contributed by atoms with E-state index in [2.05, 4.69) is 15.2 Å². The molecule has 0 radical (unpaired) electrons. The Hall–Kier alpha value is -1.81. The van der Waals surface area contributed by atoms with E-state index in [1.165, 1.54) is 25.9 Å². The summed E-state index contributed by atoms with van der Waals surface area (Å²) in [5.74, 6) is 0.846. The van der Waals surface area contributed by atoms with Gasteiger partial charge in [-0.2, -0.15) is 0 Å². The highest BCUT2D eigenvalue weighted by Crippen LogP contribution is 2.26. The molecule has 0 aliphatic carbocycles. The Morgan fingerprint density at radius 1 is 1.24 bits per heavy atom. The minimum absolute atomic E-state index is 0.0546. The van der Waals surface area contributed by atoms with Gasteiger partial charge in [0.1, 0.15) is 0 Å². The predicted molar refractivity (Wildman–Crippen MR) is 83.3 cm³/mol. The third-order valence-electron chi connectivity index (χ3n) is 4.96. The predicted octanol–water partition coefficient (Wildman–Crippen LogP) is 2.38. The van der Waals surface area contributed by atoms with Gasteiger partial charge in [0, 0.05) is 29.9 Å². The maximum absolute atomic E-state index is 12.5. The van der Waals surface area contributed by atoms with Crippen LogP contribution in [0.25, 0.3) is 10.9 Å². The third-order valence-corrected chi connectivity index (χ3v) is 4.96. The van der Waals surface area contributed by atoms with Gasteiger partial charge in [-0.3, -0.25) is 4.79 Å². The van der Waals surface area contributed by atoms with Gasteiger partial charge in [0.2, 0.25) is 0 Å². The zero-order chi connectivity index (χ0) is 14.2. The van der Waals surface area contributed by atoms with Gasteiger partial charge < -0.3 is 15.2 Å². The number of H-pyrrole nitrogens is 1. The Morgan fingerprint density at radius 2 is 2.10 bits per heavy atom. The highest BCUT2D eigenvalue weighted by molar-refractivity contribution is 5.98. The number of amides is 1. The lowest BCUT2D eigenvalue weighted by molar-refractivity contribution is 0.0929. The van der Waals surface area contributed by atoms with Crippen molar-refractivity contribution in [3.05, 3.63) is 36.0 Å². The van der Waals surface area contributed by atoms with E-state index < -0.39 is 0 Å². The number of carbonyl (C=O) groups is 1. The van der Waals surface area contributed by atoms with Crippen LogP contribution in [0.3, 0.4) is 0 Å². The molecule has 1 atom stereocenters. The van der Waals surface area contributed by atoms with Gasteiger partial charge in [-0.1, -0.05) is 6.07 Å². The summed E-state index contributed by atoms with van der Waals surface area (Å²) in [6.45, 7) is 3.41. The first-order valence-corrected chi connectivity index (χ1v) is 7.88. The Balaban J connectivity index is 1.49. The fourth-order valence-electron chi connectivity index (χ4n) is 3.76. The van der Waals surface area contributed by atoms with E-state index in [0.717, 1.165) is 35.3 Å². The molecule has 3 aliphatic heterocycles. The second-order valence-corrected chi connectivity index (χ2v) is 6.43. The fourth-order valence-corrected chi connectivity index (χ4v) is 3.76. The molecule has 3 saturated heterocycles. The average molecular weight is 283 g/mol. The van der Waals surface area contributed by atoms with Crippen molar-refractivity contribution in [2.45, 2.75) is 25.3 Å². The van der Waals surface area contributed by atoms with Crippen molar-refractivity contribution >= 4 is 16.8 Å². The lowest BCUT2D eigenvalue weighted by atomic mass is 9.94. The molecule has 4 heterocycles. The van der Waals surface area contributed by atoms with Crippen LogP contribution in [0.1, 0.15) is 29.6 Å². The number of nitrogens with one attached hydrogen (secondary N) is 2. The van der Waals surface area contributed by atoms with Gasteiger partial charge in [0.25, 0.3) is 5.91 Å². The molecule has 5 rings (SSSR count). The van der Waals surface area contributed by atoms with Gasteiger partial charge in [-0.05, 0) is 61.9 Å². The molecule has 2 aromatic rings. The number of hydrogen-bond donors (Lipinski definition) is 2. The van der Waals surface area contributed by atoms with Crippen LogP contribution < -0.4 is 5.32 Å². The molecule has 0 spiro atoms. The molecule has 4 nitrogen and oxygen atoms in total. The zero-order valence-electron chi connectivity index (χ0n) is 12.1. The molecule has 3 aliphatic rings. The number of rotatable bonds is 2. The van der Waals surface area contributed by atoms with Gasteiger partial charge in [0.15, 0.2) is 0 Å². The van der Waals surface area contributed by atoms with E-state index in [4.69, 9.17) is 0 Å². The molecule has 1 amide bonds. The van der Waals surface area contributed by atoms with Crippen LogP contribution in [-0.4, -0.2) is 41.5 Å². The number of carbonyl (C=O) groups excluding carboxylic acids is 1. The van der Waals surface area contributed by atoms with Crippen molar-refractivity contribution in [3.8, 4) is 0 Å². The summed E-state index contributed by atoms with van der Waals surface area (Å²) in [6, 6.07) is 8.17. The quantitative estimate of drug-likeness (QED) is 0.889. The van der Waals surface area contributed by atoms with E-state index in [0.29, 0.717) is 6.04 Å². The zero-order valence-corrected chi connectivity index (χ0v) is 12.1. The van der Waals surface area contributed by atoms with Crippen molar-refractivity contribution in [2.24, 2.45) is 5.92 Å². The molecule has 4 heteroatoms. The van der Waals surface area contributed by atoms with E-state index in [9.17, 15) is 4.79 Å². The maximum atomic E-state index is 12.5. The first-order valence-electron chi connectivity index (χ1n) is 7.88. The van der Waals surface area contributed by atoms with Crippen LogP contribution in [0.15, 0.2) is 30.5 Å². The number of aromatic nitrogens is 1. The Morgan fingerprint density at radius 3 is 2.95 bits per heavy atom. The van der Waals surface area contributed by atoms with Crippen LogP contribution in [0, 0.1) is 5.92 Å². The van der Waals surface area contributed by atoms with Crippen molar-refractivity contribution in [3.63, 3.8) is 0 Å². The highest BCUT2D eigenvalue weighted by Gasteiger charge is 2.29. The van der Waals surface area contributed by atoms with Crippen molar-refractivity contribution < 1.29 is 4.79 Å².